The number of aromatic nitrogens is 1. The van der Waals surface area contributed by atoms with Gasteiger partial charge in [-0.1, -0.05) is 13.8 Å². The molecule has 1 aromatic rings. The lowest BCUT2D eigenvalue weighted by Gasteiger charge is -2.18. The van der Waals surface area contributed by atoms with Crippen molar-refractivity contribution in [2.45, 2.75) is 58.8 Å². The van der Waals surface area contributed by atoms with Gasteiger partial charge in [-0.25, -0.2) is 4.98 Å². The smallest absolute Gasteiger partial charge is 0.186 e. The molecule has 5 heteroatoms. The number of methoxy groups -OCH3 is 1. The van der Waals surface area contributed by atoms with Crippen LogP contribution >= 0.6 is 11.3 Å². The SMILES string of the molecule is CCN(c1nc(COC)c(CNC(C)C)s1)C1CC1. The molecule has 4 nitrogen and oxygen atoms in total. The maximum absolute atomic E-state index is 5.28. The van der Waals surface area contributed by atoms with Crippen molar-refractivity contribution in [1.29, 1.82) is 0 Å². The fourth-order valence-electron chi connectivity index (χ4n) is 2.11. The average molecular weight is 283 g/mol. The first-order valence-electron chi connectivity index (χ1n) is 7.13. The zero-order valence-corrected chi connectivity index (χ0v) is 13.2. The molecule has 0 radical (unpaired) electrons. The third kappa shape index (κ3) is 3.91. The predicted octanol–water partition coefficient (Wildman–Crippen LogP) is 2.78. The van der Waals surface area contributed by atoms with Crippen LogP contribution in [0.4, 0.5) is 5.13 Å². The van der Waals surface area contributed by atoms with Crippen molar-refractivity contribution in [1.82, 2.24) is 10.3 Å². The van der Waals surface area contributed by atoms with Gasteiger partial charge in [-0.05, 0) is 19.8 Å². The predicted molar refractivity (Wildman–Crippen MR) is 80.8 cm³/mol. The van der Waals surface area contributed by atoms with Gasteiger partial charge in [-0.15, -0.1) is 11.3 Å². The van der Waals surface area contributed by atoms with Crippen molar-refractivity contribution in [3.8, 4) is 0 Å². The molecule has 2 rings (SSSR count). The molecule has 108 valence electrons. The van der Waals surface area contributed by atoms with Crippen LogP contribution in [0.3, 0.4) is 0 Å². The number of hydrogen-bond donors (Lipinski definition) is 1. The molecule has 0 atom stereocenters. The summed E-state index contributed by atoms with van der Waals surface area (Å²) in [7, 11) is 1.73. The molecule has 1 aliphatic carbocycles. The maximum atomic E-state index is 5.28. The minimum Gasteiger partial charge on any atom is -0.378 e. The van der Waals surface area contributed by atoms with Gasteiger partial charge in [-0.2, -0.15) is 0 Å². The lowest BCUT2D eigenvalue weighted by Crippen LogP contribution is -2.24. The Morgan fingerprint density at radius 3 is 2.74 bits per heavy atom. The van der Waals surface area contributed by atoms with Crippen molar-refractivity contribution >= 4 is 16.5 Å². The second kappa shape index (κ2) is 6.68. The molecule has 0 saturated heterocycles. The molecule has 0 aromatic carbocycles. The van der Waals surface area contributed by atoms with E-state index in [0.717, 1.165) is 30.0 Å². The Morgan fingerprint density at radius 1 is 1.47 bits per heavy atom. The summed E-state index contributed by atoms with van der Waals surface area (Å²) in [6.45, 7) is 9.08. The van der Waals surface area contributed by atoms with Crippen molar-refractivity contribution in [3.05, 3.63) is 10.6 Å². The van der Waals surface area contributed by atoms with E-state index >= 15 is 0 Å². The van der Waals surface area contributed by atoms with Crippen molar-refractivity contribution in [2.75, 3.05) is 18.6 Å². The highest BCUT2D eigenvalue weighted by Gasteiger charge is 2.30. The van der Waals surface area contributed by atoms with Crippen LogP contribution in [-0.2, 0) is 17.9 Å². The standard InChI is InChI=1S/C14H25N3OS/c1-5-17(11-6-7-11)14-16-12(9-18-4)13(19-14)8-15-10(2)3/h10-11,15H,5-9H2,1-4H3. The molecular formula is C14H25N3OS. The first-order valence-corrected chi connectivity index (χ1v) is 7.94. The van der Waals surface area contributed by atoms with Crippen LogP contribution in [0.1, 0.15) is 44.2 Å². The molecule has 0 aliphatic heterocycles. The van der Waals surface area contributed by atoms with Crippen LogP contribution in [0, 0.1) is 0 Å². The zero-order chi connectivity index (χ0) is 13.8. The molecule has 1 aromatic heterocycles. The summed E-state index contributed by atoms with van der Waals surface area (Å²) in [5.41, 5.74) is 1.09. The fraction of sp³-hybridized carbons (Fsp3) is 0.786. The van der Waals surface area contributed by atoms with Crippen molar-refractivity contribution < 1.29 is 4.74 Å². The molecular weight excluding hydrogens is 258 g/mol. The highest BCUT2D eigenvalue weighted by molar-refractivity contribution is 7.15. The van der Waals surface area contributed by atoms with Crippen molar-refractivity contribution in [3.63, 3.8) is 0 Å². The monoisotopic (exact) mass is 283 g/mol. The first kappa shape index (κ1) is 14.8. The summed E-state index contributed by atoms with van der Waals surface area (Å²) >= 11 is 1.81. The van der Waals surface area contributed by atoms with Gasteiger partial charge in [0.05, 0.1) is 12.3 Å². The molecule has 0 bridgehead atoms. The normalized spacial score (nSPS) is 15.2. The Kier molecular flexibility index (Phi) is 5.19. The quantitative estimate of drug-likeness (QED) is 0.796. The molecule has 0 amide bonds. The Hall–Kier alpha value is -0.650. The van der Waals surface area contributed by atoms with E-state index in [1.807, 2.05) is 11.3 Å². The average Bonchev–Trinajstić information content (AvgIpc) is 3.11. The largest absolute Gasteiger partial charge is 0.378 e. The van der Waals surface area contributed by atoms with E-state index in [4.69, 9.17) is 9.72 Å². The number of thiazole rings is 1. The van der Waals surface area contributed by atoms with Gasteiger partial charge in [0.15, 0.2) is 5.13 Å². The minimum atomic E-state index is 0.492. The van der Waals surface area contributed by atoms with Gasteiger partial charge >= 0.3 is 0 Å². The van der Waals surface area contributed by atoms with Crippen LogP contribution in [0.25, 0.3) is 0 Å². The first-order chi connectivity index (χ1) is 9.15. The molecule has 1 saturated carbocycles. The van der Waals surface area contributed by atoms with E-state index in [1.54, 1.807) is 7.11 Å². The minimum absolute atomic E-state index is 0.492. The van der Waals surface area contributed by atoms with Gasteiger partial charge in [0.25, 0.3) is 0 Å². The van der Waals surface area contributed by atoms with Crippen LogP contribution < -0.4 is 10.2 Å². The summed E-state index contributed by atoms with van der Waals surface area (Å²) in [6.07, 6.45) is 2.62. The summed E-state index contributed by atoms with van der Waals surface area (Å²) in [5.74, 6) is 0. The molecule has 1 heterocycles. The Balaban J connectivity index is 2.13. The number of nitrogens with zero attached hydrogens (tertiary/aromatic N) is 2. The van der Waals surface area contributed by atoms with Crippen molar-refractivity contribution in [2.24, 2.45) is 0 Å². The van der Waals surface area contributed by atoms with E-state index in [2.05, 4.69) is 31.0 Å². The third-order valence-corrected chi connectivity index (χ3v) is 4.43. The van der Waals surface area contributed by atoms with Crippen LogP contribution in [0.2, 0.25) is 0 Å². The van der Waals surface area contributed by atoms with Gasteiger partial charge in [0.2, 0.25) is 0 Å². The molecule has 19 heavy (non-hydrogen) atoms. The van der Waals surface area contributed by atoms with E-state index in [0.29, 0.717) is 12.6 Å². The second-order valence-corrected chi connectivity index (χ2v) is 6.41. The Morgan fingerprint density at radius 2 is 2.21 bits per heavy atom. The summed E-state index contributed by atoms with van der Waals surface area (Å²) in [6, 6.07) is 1.21. The Labute approximate surface area is 120 Å². The topological polar surface area (TPSA) is 37.4 Å². The third-order valence-electron chi connectivity index (χ3n) is 3.29. The van der Waals surface area contributed by atoms with Gasteiger partial charge in [0, 0.05) is 37.2 Å². The molecule has 1 N–H and O–H groups in total. The summed E-state index contributed by atoms with van der Waals surface area (Å²) < 4.78 is 5.28. The highest BCUT2D eigenvalue weighted by atomic mass is 32.1. The van der Waals surface area contributed by atoms with E-state index < -0.39 is 0 Å². The summed E-state index contributed by atoms with van der Waals surface area (Å²) in [5, 5.41) is 4.64. The number of nitrogens with one attached hydrogen (secondary N) is 1. The second-order valence-electron chi connectivity index (χ2n) is 5.35. The van der Waals surface area contributed by atoms with E-state index in [-0.39, 0.29) is 0 Å². The zero-order valence-electron chi connectivity index (χ0n) is 12.4. The number of hydrogen-bond acceptors (Lipinski definition) is 5. The molecule has 0 spiro atoms. The maximum Gasteiger partial charge on any atom is 0.186 e. The number of ether oxygens (including phenoxy) is 1. The van der Waals surface area contributed by atoms with Crippen LogP contribution in [0.15, 0.2) is 0 Å². The highest BCUT2D eigenvalue weighted by Crippen LogP contribution is 2.35. The van der Waals surface area contributed by atoms with E-state index in [9.17, 15) is 0 Å². The van der Waals surface area contributed by atoms with Crippen LogP contribution in [-0.4, -0.2) is 30.7 Å². The van der Waals surface area contributed by atoms with Gasteiger partial charge in [0.1, 0.15) is 0 Å². The van der Waals surface area contributed by atoms with E-state index in [1.165, 1.54) is 17.7 Å². The van der Waals surface area contributed by atoms with Crippen LogP contribution in [0.5, 0.6) is 0 Å². The molecule has 0 unspecified atom stereocenters. The number of rotatable bonds is 8. The number of anilines is 1. The fourth-order valence-corrected chi connectivity index (χ4v) is 3.26. The van der Waals surface area contributed by atoms with Gasteiger partial charge < -0.3 is 15.0 Å². The lowest BCUT2D eigenvalue weighted by atomic mass is 10.3. The molecule has 1 fully saturated rings. The van der Waals surface area contributed by atoms with Gasteiger partial charge in [-0.3, -0.25) is 0 Å². The Bertz CT molecular complexity index is 401. The molecule has 1 aliphatic rings. The lowest BCUT2D eigenvalue weighted by molar-refractivity contribution is 0.181. The summed E-state index contributed by atoms with van der Waals surface area (Å²) in [4.78, 5) is 8.53.